The zero-order valence-electron chi connectivity index (χ0n) is 9.19. The van der Waals surface area contributed by atoms with Gasteiger partial charge in [0, 0.05) is 19.1 Å². The molecule has 2 heterocycles. The second-order valence-corrected chi connectivity index (χ2v) is 4.28. The number of aromatic nitrogens is 2. The highest BCUT2D eigenvalue weighted by molar-refractivity contribution is 6.32. The molecule has 0 bridgehead atoms. The molecule has 88 valence electrons. The lowest BCUT2D eigenvalue weighted by molar-refractivity contribution is 0.379. The van der Waals surface area contributed by atoms with E-state index in [1.54, 1.807) is 6.20 Å². The smallest absolute Gasteiger partial charge is 0.318 e. The van der Waals surface area contributed by atoms with Crippen LogP contribution in [0.2, 0.25) is 5.02 Å². The third kappa shape index (κ3) is 2.36. The van der Waals surface area contributed by atoms with Crippen LogP contribution in [0.4, 0.5) is 5.82 Å². The van der Waals surface area contributed by atoms with Crippen LogP contribution in [0.3, 0.4) is 0 Å². The van der Waals surface area contributed by atoms with Crippen LogP contribution in [0.15, 0.2) is 6.20 Å². The molecule has 0 saturated carbocycles. The third-order valence-electron chi connectivity index (χ3n) is 2.64. The van der Waals surface area contributed by atoms with Gasteiger partial charge in [0.15, 0.2) is 5.82 Å². The number of anilines is 1. The number of halogens is 1. The second kappa shape index (κ2) is 4.84. The number of nitrogens with zero attached hydrogens (tertiary/aromatic N) is 3. The van der Waals surface area contributed by atoms with E-state index in [2.05, 4.69) is 14.9 Å². The fourth-order valence-corrected chi connectivity index (χ4v) is 2.08. The largest absolute Gasteiger partial charge is 0.467 e. The summed E-state index contributed by atoms with van der Waals surface area (Å²) in [6.07, 6.45) is 3.67. The predicted octanol–water partition coefficient (Wildman–Crippen LogP) is 1.07. The van der Waals surface area contributed by atoms with Gasteiger partial charge in [0.1, 0.15) is 5.02 Å². The van der Waals surface area contributed by atoms with Crippen LogP contribution in [-0.4, -0.2) is 36.2 Å². The zero-order valence-corrected chi connectivity index (χ0v) is 9.94. The van der Waals surface area contributed by atoms with E-state index in [9.17, 15) is 0 Å². The lowest BCUT2D eigenvalue weighted by Crippen LogP contribution is -2.43. The molecule has 16 heavy (non-hydrogen) atoms. The van der Waals surface area contributed by atoms with Gasteiger partial charge in [-0.1, -0.05) is 11.6 Å². The minimum atomic E-state index is 0.186. The average Bonchev–Trinajstić information content (AvgIpc) is 2.30. The first-order valence-electron chi connectivity index (χ1n) is 5.27. The van der Waals surface area contributed by atoms with Crippen molar-refractivity contribution < 1.29 is 4.74 Å². The van der Waals surface area contributed by atoms with Crippen molar-refractivity contribution in [1.82, 2.24) is 9.97 Å². The molecule has 1 aromatic rings. The van der Waals surface area contributed by atoms with E-state index in [0.29, 0.717) is 16.9 Å². The molecule has 0 aliphatic carbocycles. The maximum absolute atomic E-state index is 6.07. The molecule has 1 aliphatic rings. The summed E-state index contributed by atoms with van der Waals surface area (Å²) < 4.78 is 4.99. The first kappa shape index (κ1) is 11.4. The number of hydrogen-bond acceptors (Lipinski definition) is 5. The molecule has 0 spiro atoms. The molecule has 1 unspecified atom stereocenters. The number of rotatable bonds is 2. The van der Waals surface area contributed by atoms with Gasteiger partial charge in [0.05, 0.1) is 13.3 Å². The molecule has 5 nitrogen and oxygen atoms in total. The molecule has 6 heteroatoms. The van der Waals surface area contributed by atoms with Gasteiger partial charge >= 0.3 is 6.01 Å². The van der Waals surface area contributed by atoms with E-state index in [1.165, 1.54) is 7.11 Å². The molecule has 1 aromatic heterocycles. The molecule has 1 aliphatic heterocycles. The summed E-state index contributed by atoms with van der Waals surface area (Å²) >= 11 is 6.07. The Labute approximate surface area is 99.6 Å². The summed E-state index contributed by atoms with van der Waals surface area (Å²) in [6.45, 7) is 1.70. The monoisotopic (exact) mass is 242 g/mol. The van der Waals surface area contributed by atoms with Gasteiger partial charge in [-0.2, -0.15) is 4.98 Å². The number of nitrogens with two attached hydrogens (primary N) is 1. The number of piperidine rings is 1. The Balaban J connectivity index is 2.24. The van der Waals surface area contributed by atoms with Crippen LogP contribution in [0.1, 0.15) is 12.8 Å². The molecular weight excluding hydrogens is 228 g/mol. The lowest BCUT2D eigenvalue weighted by atomic mass is 10.1. The molecule has 1 atom stereocenters. The normalized spacial score (nSPS) is 20.9. The summed E-state index contributed by atoms with van der Waals surface area (Å²) in [4.78, 5) is 10.3. The second-order valence-electron chi connectivity index (χ2n) is 3.88. The molecule has 2 rings (SSSR count). The maximum Gasteiger partial charge on any atom is 0.318 e. The first-order valence-corrected chi connectivity index (χ1v) is 5.65. The average molecular weight is 243 g/mol. The minimum Gasteiger partial charge on any atom is -0.467 e. The van der Waals surface area contributed by atoms with E-state index < -0.39 is 0 Å². The van der Waals surface area contributed by atoms with Crippen molar-refractivity contribution in [2.24, 2.45) is 5.73 Å². The molecule has 1 saturated heterocycles. The first-order chi connectivity index (χ1) is 7.70. The van der Waals surface area contributed by atoms with Gasteiger partial charge in [-0.25, -0.2) is 4.98 Å². The number of ether oxygens (including phenoxy) is 1. The fraction of sp³-hybridized carbons (Fsp3) is 0.600. The molecular formula is C10H15ClN4O. The SMILES string of the molecule is COc1ncc(Cl)c(N2CCCC(N)C2)n1. The van der Waals surface area contributed by atoms with Crippen molar-refractivity contribution in [3.8, 4) is 6.01 Å². The van der Waals surface area contributed by atoms with Crippen molar-refractivity contribution in [2.75, 3.05) is 25.1 Å². The van der Waals surface area contributed by atoms with Crippen molar-refractivity contribution >= 4 is 17.4 Å². The van der Waals surface area contributed by atoms with Crippen LogP contribution in [-0.2, 0) is 0 Å². The van der Waals surface area contributed by atoms with Crippen molar-refractivity contribution in [3.05, 3.63) is 11.2 Å². The Morgan fingerprint density at radius 2 is 2.44 bits per heavy atom. The van der Waals surface area contributed by atoms with E-state index in [1.807, 2.05) is 0 Å². The molecule has 0 amide bonds. The Kier molecular flexibility index (Phi) is 3.46. The van der Waals surface area contributed by atoms with Crippen LogP contribution in [0.25, 0.3) is 0 Å². The molecule has 0 aromatic carbocycles. The maximum atomic E-state index is 6.07. The molecule has 2 N–H and O–H groups in total. The van der Waals surface area contributed by atoms with Crippen molar-refractivity contribution in [2.45, 2.75) is 18.9 Å². The van der Waals surface area contributed by atoms with Crippen LogP contribution in [0, 0.1) is 0 Å². The van der Waals surface area contributed by atoms with Gasteiger partial charge in [0.25, 0.3) is 0 Å². The zero-order chi connectivity index (χ0) is 11.5. The van der Waals surface area contributed by atoms with Gasteiger partial charge in [-0.15, -0.1) is 0 Å². The van der Waals surface area contributed by atoms with E-state index >= 15 is 0 Å². The highest BCUT2D eigenvalue weighted by Gasteiger charge is 2.20. The van der Waals surface area contributed by atoms with Crippen molar-refractivity contribution in [3.63, 3.8) is 0 Å². The predicted molar refractivity (Wildman–Crippen MR) is 63.0 cm³/mol. The van der Waals surface area contributed by atoms with E-state index in [4.69, 9.17) is 22.1 Å². The van der Waals surface area contributed by atoms with Gasteiger partial charge in [-0.3, -0.25) is 0 Å². The Bertz CT molecular complexity index is 374. The van der Waals surface area contributed by atoms with Gasteiger partial charge in [-0.05, 0) is 12.8 Å². The summed E-state index contributed by atoms with van der Waals surface area (Å²) in [6, 6.07) is 0.518. The summed E-state index contributed by atoms with van der Waals surface area (Å²) in [5.74, 6) is 0.712. The fourth-order valence-electron chi connectivity index (χ4n) is 1.86. The van der Waals surface area contributed by atoms with E-state index in [0.717, 1.165) is 25.9 Å². The Morgan fingerprint density at radius 3 is 3.12 bits per heavy atom. The van der Waals surface area contributed by atoms with Gasteiger partial charge < -0.3 is 15.4 Å². The standard InChI is InChI=1S/C10H15ClN4O/c1-16-10-13-5-8(11)9(14-10)15-4-2-3-7(12)6-15/h5,7H,2-4,6,12H2,1H3. The third-order valence-corrected chi connectivity index (χ3v) is 2.91. The quantitative estimate of drug-likeness (QED) is 0.840. The lowest BCUT2D eigenvalue weighted by Gasteiger charge is -2.32. The van der Waals surface area contributed by atoms with Crippen LogP contribution < -0.4 is 15.4 Å². The topological polar surface area (TPSA) is 64.3 Å². The van der Waals surface area contributed by atoms with Crippen LogP contribution in [0.5, 0.6) is 6.01 Å². The summed E-state index contributed by atoms with van der Waals surface area (Å²) in [7, 11) is 1.54. The molecule has 0 radical (unpaired) electrons. The molecule has 1 fully saturated rings. The summed E-state index contributed by atoms with van der Waals surface area (Å²) in [5, 5.41) is 0.537. The Hall–Kier alpha value is -1.07. The number of methoxy groups -OCH3 is 1. The number of hydrogen-bond donors (Lipinski definition) is 1. The highest BCUT2D eigenvalue weighted by Crippen LogP contribution is 2.26. The summed E-state index contributed by atoms with van der Waals surface area (Å²) in [5.41, 5.74) is 5.92. The van der Waals surface area contributed by atoms with E-state index in [-0.39, 0.29) is 6.04 Å². The highest BCUT2D eigenvalue weighted by atomic mass is 35.5. The minimum absolute atomic E-state index is 0.186. The van der Waals surface area contributed by atoms with Crippen LogP contribution >= 0.6 is 11.6 Å². The Morgan fingerprint density at radius 1 is 1.62 bits per heavy atom. The van der Waals surface area contributed by atoms with Crippen molar-refractivity contribution in [1.29, 1.82) is 0 Å². The van der Waals surface area contributed by atoms with Gasteiger partial charge in [0.2, 0.25) is 0 Å².